The Balaban J connectivity index is 1.84. The molecule has 0 bridgehead atoms. The van der Waals surface area contributed by atoms with E-state index >= 15 is 0 Å². The number of hydrogen-bond acceptors (Lipinski definition) is 4. The van der Waals surface area contributed by atoms with Crippen molar-refractivity contribution in [1.29, 1.82) is 0 Å². The second-order valence-electron chi connectivity index (χ2n) is 5.67. The maximum Gasteiger partial charge on any atom is 0.281 e. The van der Waals surface area contributed by atoms with Crippen LogP contribution in [0.1, 0.15) is 12.5 Å². The number of nitrogens with one attached hydrogen (secondary N) is 2. The highest BCUT2D eigenvalue weighted by atomic mass is 32.1. The normalized spacial score (nSPS) is 11.9. The van der Waals surface area contributed by atoms with Gasteiger partial charge in [0.25, 0.3) is 11.5 Å². The highest BCUT2D eigenvalue weighted by molar-refractivity contribution is 7.71. The zero-order valence-electron chi connectivity index (χ0n) is 13.8. The molecule has 2 aromatic carbocycles. The van der Waals surface area contributed by atoms with E-state index in [2.05, 4.69) is 10.4 Å². The van der Waals surface area contributed by atoms with Crippen molar-refractivity contribution < 1.29 is 9.53 Å². The number of hydrogen-bond donors (Lipinski definition) is 2. The highest BCUT2D eigenvalue weighted by Crippen LogP contribution is 2.14. The summed E-state index contributed by atoms with van der Waals surface area (Å²) in [5.41, 5.74) is 3.76. The van der Waals surface area contributed by atoms with Crippen LogP contribution in [0.2, 0.25) is 0 Å². The van der Waals surface area contributed by atoms with Crippen molar-refractivity contribution in [3.8, 4) is 5.75 Å². The first-order valence-electron chi connectivity index (χ1n) is 7.74. The van der Waals surface area contributed by atoms with Gasteiger partial charge in [0.1, 0.15) is 5.75 Å². The van der Waals surface area contributed by atoms with Crippen LogP contribution in [0, 0.1) is 11.7 Å². The monoisotopic (exact) mass is 355 g/mol. The Morgan fingerprint density at radius 2 is 2.00 bits per heavy atom. The van der Waals surface area contributed by atoms with E-state index in [1.807, 2.05) is 25.1 Å². The Morgan fingerprint density at radius 3 is 2.76 bits per heavy atom. The molecular formula is C18H17N3O3S. The van der Waals surface area contributed by atoms with Crippen LogP contribution in [0.4, 0.5) is 0 Å². The molecular weight excluding hydrogens is 338 g/mol. The number of fused-ring (bicyclic) bond motifs is 1. The van der Waals surface area contributed by atoms with Crippen molar-refractivity contribution in [3.63, 3.8) is 0 Å². The number of rotatable bonds is 4. The third kappa shape index (κ3) is 3.61. The molecule has 1 aromatic heterocycles. The summed E-state index contributed by atoms with van der Waals surface area (Å²) >= 11 is 5.17. The molecule has 128 valence electrons. The van der Waals surface area contributed by atoms with Crippen molar-refractivity contribution in [2.75, 3.05) is 5.43 Å². The minimum absolute atomic E-state index is 0.111. The Kier molecular flexibility index (Phi) is 4.67. The number of para-hydroxylation sites is 1. The van der Waals surface area contributed by atoms with Gasteiger partial charge < -0.3 is 9.72 Å². The van der Waals surface area contributed by atoms with Gasteiger partial charge in [-0.2, -0.15) is 4.68 Å². The number of ether oxygens (including phenoxy) is 1. The number of carbonyl (C=O) groups excluding carboxylic acids is 1. The predicted octanol–water partition coefficient (Wildman–Crippen LogP) is 2.91. The third-order valence-corrected chi connectivity index (χ3v) is 3.98. The minimum atomic E-state index is -0.797. The number of benzene rings is 2. The van der Waals surface area contributed by atoms with E-state index in [4.69, 9.17) is 17.0 Å². The summed E-state index contributed by atoms with van der Waals surface area (Å²) in [6.07, 6.45) is -0.797. The van der Waals surface area contributed by atoms with Crippen LogP contribution >= 0.6 is 12.2 Å². The molecule has 1 amide bonds. The lowest BCUT2D eigenvalue weighted by Crippen LogP contribution is -2.40. The standard InChI is InChI=1S/C18H17N3O3S/c1-11-6-5-7-13(10-11)24-12(2)16(22)20-21-17(23)14-8-3-4-9-15(14)19-18(21)25/h3-10,12H,1-2H3,(H,19,25)(H,20,22)/t12-/m0/s1. The summed E-state index contributed by atoms with van der Waals surface area (Å²) < 4.78 is 6.76. The van der Waals surface area contributed by atoms with Crippen molar-refractivity contribution in [3.05, 3.63) is 69.2 Å². The fourth-order valence-corrected chi connectivity index (χ4v) is 2.65. The molecule has 0 unspecified atom stereocenters. The van der Waals surface area contributed by atoms with Crippen LogP contribution in [-0.4, -0.2) is 21.7 Å². The van der Waals surface area contributed by atoms with E-state index in [9.17, 15) is 9.59 Å². The second-order valence-corrected chi connectivity index (χ2v) is 6.06. The second kappa shape index (κ2) is 6.90. The van der Waals surface area contributed by atoms with E-state index in [-0.39, 0.29) is 4.77 Å². The predicted molar refractivity (Wildman–Crippen MR) is 99.0 cm³/mol. The lowest BCUT2D eigenvalue weighted by molar-refractivity contribution is -0.123. The number of amides is 1. The lowest BCUT2D eigenvalue weighted by atomic mass is 10.2. The Labute approximate surface area is 149 Å². The summed E-state index contributed by atoms with van der Waals surface area (Å²) in [5.74, 6) is 0.108. The van der Waals surface area contributed by atoms with Crippen LogP contribution in [0.3, 0.4) is 0 Å². The van der Waals surface area contributed by atoms with E-state index in [0.29, 0.717) is 16.7 Å². The third-order valence-electron chi connectivity index (χ3n) is 3.70. The molecule has 3 aromatic rings. The number of carbonyl (C=O) groups is 1. The van der Waals surface area contributed by atoms with Crippen molar-refractivity contribution >= 4 is 29.0 Å². The molecule has 7 heteroatoms. The quantitative estimate of drug-likeness (QED) is 0.706. The molecule has 0 fully saturated rings. The molecule has 0 spiro atoms. The maximum absolute atomic E-state index is 12.5. The number of aryl methyl sites for hydroxylation is 1. The summed E-state index contributed by atoms with van der Waals surface area (Å²) in [4.78, 5) is 27.8. The zero-order chi connectivity index (χ0) is 18.0. The van der Waals surface area contributed by atoms with E-state index in [1.165, 1.54) is 0 Å². The van der Waals surface area contributed by atoms with Gasteiger partial charge in [-0.1, -0.05) is 24.3 Å². The van der Waals surface area contributed by atoms with Gasteiger partial charge in [-0.25, -0.2) is 0 Å². The van der Waals surface area contributed by atoms with Gasteiger partial charge in [-0.3, -0.25) is 15.0 Å². The van der Waals surface area contributed by atoms with Gasteiger partial charge in [-0.05, 0) is 55.9 Å². The first kappa shape index (κ1) is 16.9. The number of aromatic amines is 1. The molecule has 25 heavy (non-hydrogen) atoms. The maximum atomic E-state index is 12.5. The molecule has 6 nitrogen and oxygen atoms in total. The van der Waals surface area contributed by atoms with Gasteiger partial charge in [0.15, 0.2) is 10.9 Å². The topological polar surface area (TPSA) is 76.1 Å². The first-order valence-corrected chi connectivity index (χ1v) is 8.15. The summed E-state index contributed by atoms with van der Waals surface area (Å²) in [6, 6.07) is 14.3. The van der Waals surface area contributed by atoms with E-state index < -0.39 is 17.6 Å². The molecule has 0 radical (unpaired) electrons. The molecule has 0 aliphatic carbocycles. The van der Waals surface area contributed by atoms with Crippen LogP contribution in [0.25, 0.3) is 10.9 Å². The molecule has 0 saturated carbocycles. The number of nitrogens with zero attached hydrogens (tertiary/aromatic N) is 1. The van der Waals surface area contributed by atoms with Gasteiger partial charge in [0.05, 0.1) is 10.9 Å². The smallest absolute Gasteiger partial charge is 0.281 e. The fraction of sp³-hybridized carbons (Fsp3) is 0.167. The Morgan fingerprint density at radius 1 is 1.24 bits per heavy atom. The zero-order valence-corrected chi connectivity index (χ0v) is 14.6. The first-order chi connectivity index (χ1) is 12.0. The number of aromatic nitrogens is 2. The van der Waals surface area contributed by atoms with Gasteiger partial charge in [0, 0.05) is 0 Å². The van der Waals surface area contributed by atoms with E-state index in [1.54, 1.807) is 37.3 Å². The molecule has 1 heterocycles. The van der Waals surface area contributed by atoms with Crippen molar-refractivity contribution in [1.82, 2.24) is 9.66 Å². The van der Waals surface area contributed by atoms with Crippen LogP contribution < -0.4 is 15.7 Å². The van der Waals surface area contributed by atoms with Crippen molar-refractivity contribution in [2.24, 2.45) is 0 Å². The molecule has 0 aliphatic rings. The molecule has 1 atom stereocenters. The lowest BCUT2D eigenvalue weighted by Gasteiger charge is -2.16. The molecule has 2 N–H and O–H groups in total. The van der Waals surface area contributed by atoms with Crippen molar-refractivity contribution in [2.45, 2.75) is 20.0 Å². The van der Waals surface area contributed by atoms with Gasteiger partial charge >= 0.3 is 0 Å². The molecule has 0 saturated heterocycles. The van der Waals surface area contributed by atoms with E-state index in [0.717, 1.165) is 10.2 Å². The average molecular weight is 355 g/mol. The van der Waals surface area contributed by atoms with Crippen LogP contribution in [-0.2, 0) is 4.79 Å². The number of H-pyrrole nitrogens is 1. The minimum Gasteiger partial charge on any atom is -0.481 e. The van der Waals surface area contributed by atoms with Crippen LogP contribution in [0.5, 0.6) is 5.75 Å². The SMILES string of the molecule is Cc1cccc(O[C@@H](C)C(=O)Nn2c(=S)[nH]c3ccccc3c2=O)c1. The summed E-state index contributed by atoms with van der Waals surface area (Å²) in [7, 11) is 0. The van der Waals surface area contributed by atoms with Gasteiger partial charge in [0.2, 0.25) is 0 Å². The molecule has 0 aliphatic heterocycles. The van der Waals surface area contributed by atoms with Gasteiger partial charge in [-0.15, -0.1) is 0 Å². The fourth-order valence-electron chi connectivity index (χ4n) is 2.41. The summed E-state index contributed by atoms with van der Waals surface area (Å²) in [6.45, 7) is 3.54. The summed E-state index contributed by atoms with van der Waals surface area (Å²) in [5, 5.41) is 0.434. The average Bonchev–Trinajstić information content (AvgIpc) is 2.58. The largest absolute Gasteiger partial charge is 0.481 e. The van der Waals surface area contributed by atoms with Crippen LogP contribution in [0.15, 0.2) is 53.3 Å². The Bertz CT molecular complexity index is 1060. The molecule has 3 rings (SSSR count). The highest BCUT2D eigenvalue weighted by Gasteiger charge is 2.17. The Hall–Kier alpha value is -2.93.